The number of nitrogens with zero attached hydrogens (tertiary/aromatic N) is 3. The molecule has 0 radical (unpaired) electrons. The molecule has 1 amide bonds. The summed E-state index contributed by atoms with van der Waals surface area (Å²) in [4.78, 5) is 32.5. The van der Waals surface area contributed by atoms with Crippen LogP contribution < -0.4 is 5.32 Å². The third kappa shape index (κ3) is 3.62. The Morgan fingerprint density at radius 1 is 1.43 bits per heavy atom. The number of nitro benzene ring substituents is 1. The van der Waals surface area contributed by atoms with E-state index >= 15 is 0 Å². The molecule has 0 spiro atoms. The molecule has 2 aromatic rings. The van der Waals surface area contributed by atoms with E-state index in [1.165, 1.54) is 30.6 Å². The van der Waals surface area contributed by atoms with Gasteiger partial charge in [-0.15, -0.1) is 0 Å². The summed E-state index contributed by atoms with van der Waals surface area (Å²) >= 11 is 0. The summed E-state index contributed by atoms with van der Waals surface area (Å²) in [5, 5.41) is 25.5. The van der Waals surface area contributed by atoms with Crippen LogP contribution >= 0.6 is 0 Å². The van der Waals surface area contributed by atoms with Gasteiger partial charge in [-0.3, -0.25) is 24.4 Å². The number of hydrogen-bond donors (Lipinski definition) is 2. The number of carboxylic acid groups (broad SMARTS) is 1. The van der Waals surface area contributed by atoms with Crippen molar-refractivity contribution in [3.63, 3.8) is 0 Å². The van der Waals surface area contributed by atoms with Crippen LogP contribution in [0.3, 0.4) is 0 Å². The standard InChI is InChI=1S/C12H10N4O5/c17-11(18)7-15-6-9(5-13-15)14-12(19)8-2-1-3-10(4-8)16(20)21/h1-6H,7H2,(H,14,19)(H,17,18). The second kappa shape index (κ2) is 5.82. The Hall–Kier alpha value is -3.23. The average Bonchev–Trinajstić information content (AvgIpc) is 2.85. The molecule has 0 aliphatic carbocycles. The molecule has 1 aromatic carbocycles. The van der Waals surface area contributed by atoms with Gasteiger partial charge < -0.3 is 10.4 Å². The fourth-order valence-electron chi connectivity index (χ4n) is 1.62. The molecule has 2 N–H and O–H groups in total. The van der Waals surface area contributed by atoms with E-state index in [-0.39, 0.29) is 17.8 Å². The zero-order valence-corrected chi connectivity index (χ0v) is 10.6. The Morgan fingerprint density at radius 3 is 2.86 bits per heavy atom. The first kappa shape index (κ1) is 14.2. The van der Waals surface area contributed by atoms with Crippen molar-refractivity contribution < 1.29 is 19.6 Å². The summed E-state index contributed by atoms with van der Waals surface area (Å²) in [6, 6.07) is 5.27. The Bertz CT molecular complexity index is 709. The number of aromatic nitrogens is 2. The van der Waals surface area contributed by atoms with Gasteiger partial charge >= 0.3 is 5.97 Å². The SMILES string of the molecule is O=C(O)Cn1cc(NC(=O)c2cccc([N+](=O)[O-])c2)cn1. The van der Waals surface area contributed by atoms with Gasteiger partial charge in [-0.2, -0.15) is 5.10 Å². The molecule has 0 atom stereocenters. The van der Waals surface area contributed by atoms with Crippen molar-refractivity contribution in [2.45, 2.75) is 6.54 Å². The first-order valence-electron chi connectivity index (χ1n) is 5.76. The zero-order valence-electron chi connectivity index (χ0n) is 10.6. The lowest BCUT2D eigenvalue weighted by molar-refractivity contribution is -0.384. The van der Waals surface area contributed by atoms with Crippen molar-refractivity contribution in [3.8, 4) is 0 Å². The number of aliphatic carboxylic acids is 1. The highest BCUT2D eigenvalue weighted by Crippen LogP contribution is 2.15. The van der Waals surface area contributed by atoms with Crippen LogP contribution in [-0.4, -0.2) is 31.7 Å². The second-order valence-electron chi connectivity index (χ2n) is 4.08. The van der Waals surface area contributed by atoms with Gasteiger partial charge in [0.1, 0.15) is 6.54 Å². The highest BCUT2D eigenvalue weighted by molar-refractivity contribution is 6.04. The summed E-state index contributed by atoms with van der Waals surface area (Å²) in [6.45, 7) is -0.327. The van der Waals surface area contributed by atoms with Crippen LogP contribution in [0.15, 0.2) is 36.7 Å². The minimum absolute atomic E-state index is 0.121. The van der Waals surface area contributed by atoms with Crippen molar-refractivity contribution in [1.82, 2.24) is 9.78 Å². The van der Waals surface area contributed by atoms with Crippen LogP contribution in [0, 0.1) is 10.1 Å². The van der Waals surface area contributed by atoms with Gasteiger partial charge in [0.2, 0.25) is 0 Å². The van der Waals surface area contributed by atoms with E-state index in [1.807, 2.05) is 0 Å². The quantitative estimate of drug-likeness (QED) is 0.627. The van der Waals surface area contributed by atoms with Crippen LogP contribution in [0.1, 0.15) is 10.4 Å². The average molecular weight is 290 g/mol. The van der Waals surface area contributed by atoms with E-state index in [1.54, 1.807) is 0 Å². The Morgan fingerprint density at radius 2 is 2.19 bits per heavy atom. The number of carboxylic acids is 1. The van der Waals surface area contributed by atoms with Gasteiger partial charge in [-0.25, -0.2) is 0 Å². The molecule has 0 aliphatic rings. The maximum atomic E-state index is 11.9. The van der Waals surface area contributed by atoms with E-state index < -0.39 is 16.8 Å². The van der Waals surface area contributed by atoms with Crippen LogP contribution in [0.4, 0.5) is 11.4 Å². The number of amides is 1. The van der Waals surface area contributed by atoms with E-state index in [9.17, 15) is 19.7 Å². The molecule has 0 aliphatic heterocycles. The highest BCUT2D eigenvalue weighted by Gasteiger charge is 2.12. The molecule has 0 saturated heterocycles. The van der Waals surface area contributed by atoms with E-state index in [4.69, 9.17) is 5.11 Å². The van der Waals surface area contributed by atoms with Gasteiger partial charge in [-0.1, -0.05) is 6.07 Å². The molecule has 1 aromatic heterocycles. The number of rotatable bonds is 5. The van der Waals surface area contributed by atoms with Crippen LogP contribution in [0.2, 0.25) is 0 Å². The topological polar surface area (TPSA) is 127 Å². The largest absolute Gasteiger partial charge is 0.480 e. The monoisotopic (exact) mass is 290 g/mol. The number of non-ortho nitro benzene ring substituents is 1. The normalized spacial score (nSPS) is 10.1. The zero-order chi connectivity index (χ0) is 15.4. The molecule has 9 nitrogen and oxygen atoms in total. The molecule has 21 heavy (non-hydrogen) atoms. The van der Waals surface area contributed by atoms with Gasteiger partial charge in [0, 0.05) is 23.9 Å². The summed E-state index contributed by atoms with van der Waals surface area (Å²) < 4.78 is 1.14. The maximum absolute atomic E-state index is 11.9. The Kier molecular flexibility index (Phi) is 3.93. The Balaban J connectivity index is 2.10. The fraction of sp³-hybridized carbons (Fsp3) is 0.0833. The second-order valence-corrected chi connectivity index (χ2v) is 4.08. The lowest BCUT2D eigenvalue weighted by Gasteiger charge is -2.02. The molecule has 0 saturated carbocycles. The molecule has 0 bridgehead atoms. The number of carbonyl (C=O) groups is 2. The van der Waals surface area contributed by atoms with Crippen molar-refractivity contribution in [1.29, 1.82) is 0 Å². The minimum atomic E-state index is -1.06. The van der Waals surface area contributed by atoms with Crippen molar-refractivity contribution in [3.05, 3.63) is 52.3 Å². The van der Waals surface area contributed by atoms with E-state index in [2.05, 4.69) is 10.4 Å². The molecule has 0 unspecified atom stereocenters. The van der Waals surface area contributed by atoms with Crippen molar-refractivity contribution in [2.24, 2.45) is 0 Å². The molecular formula is C12H10N4O5. The number of benzene rings is 1. The maximum Gasteiger partial charge on any atom is 0.325 e. The van der Waals surface area contributed by atoms with Crippen LogP contribution in [0.5, 0.6) is 0 Å². The number of carbonyl (C=O) groups excluding carboxylic acids is 1. The van der Waals surface area contributed by atoms with Gasteiger partial charge in [0.05, 0.1) is 16.8 Å². The summed E-state index contributed by atoms with van der Waals surface area (Å²) in [6.07, 6.45) is 2.64. The third-order valence-electron chi connectivity index (χ3n) is 2.51. The smallest absolute Gasteiger partial charge is 0.325 e. The van der Waals surface area contributed by atoms with Crippen LogP contribution in [-0.2, 0) is 11.3 Å². The Labute approximate surface area is 118 Å². The predicted molar refractivity (Wildman–Crippen MR) is 70.9 cm³/mol. The summed E-state index contributed by atoms with van der Waals surface area (Å²) in [7, 11) is 0. The molecule has 0 fully saturated rings. The fourth-order valence-corrected chi connectivity index (χ4v) is 1.62. The molecule has 9 heteroatoms. The van der Waals surface area contributed by atoms with Gasteiger partial charge in [0.15, 0.2) is 0 Å². The summed E-state index contributed by atoms with van der Waals surface area (Å²) in [5.74, 6) is -1.61. The minimum Gasteiger partial charge on any atom is -0.480 e. The number of nitrogens with one attached hydrogen (secondary N) is 1. The van der Waals surface area contributed by atoms with Crippen LogP contribution in [0.25, 0.3) is 0 Å². The molecule has 1 heterocycles. The van der Waals surface area contributed by atoms with E-state index in [0.717, 1.165) is 10.7 Å². The molecular weight excluding hydrogens is 280 g/mol. The highest BCUT2D eigenvalue weighted by atomic mass is 16.6. The van der Waals surface area contributed by atoms with Gasteiger partial charge in [-0.05, 0) is 6.07 Å². The van der Waals surface area contributed by atoms with Crippen molar-refractivity contribution >= 4 is 23.3 Å². The summed E-state index contributed by atoms with van der Waals surface area (Å²) in [5.41, 5.74) is 0.229. The number of anilines is 1. The van der Waals surface area contributed by atoms with Gasteiger partial charge in [0.25, 0.3) is 11.6 Å². The number of hydrogen-bond acceptors (Lipinski definition) is 5. The molecule has 2 rings (SSSR count). The first-order chi connectivity index (χ1) is 9.95. The van der Waals surface area contributed by atoms with Crippen molar-refractivity contribution in [2.75, 3.05) is 5.32 Å². The first-order valence-corrected chi connectivity index (χ1v) is 5.76. The number of nitro groups is 1. The predicted octanol–water partition coefficient (Wildman–Crippen LogP) is 1.13. The lowest BCUT2D eigenvalue weighted by Crippen LogP contribution is -2.12. The lowest BCUT2D eigenvalue weighted by atomic mass is 10.2. The third-order valence-corrected chi connectivity index (χ3v) is 2.51. The van der Waals surface area contributed by atoms with E-state index in [0.29, 0.717) is 5.69 Å². The molecule has 108 valence electrons.